The molecule has 8 nitrogen and oxygen atoms in total. The minimum Gasteiger partial charge on any atom is -0.489 e. The Hall–Kier alpha value is -2.87. The number of amides is 1. The highest BCUT2D eigenvalue weighted by Crippen LogP contribution is 2.29. The number of rotatable bonds is 6. The average molecular weight is 352 g/mol. The molecule has 0 radical (unpaired) electrons. The second-order valence-electron chi connectivity index (χ2n) is 4.56. The van der Waals surface area contributed by atoms with Gasteiger partial charge in [0, 0.05) is 11.8 Å². The molecule has 0 saturated carbocycles. The van der Waals surface area contributed by atoms with Crippen LogP contribution in [0.5, 0.6) is 5.75 Å². The average Bonchev–Trinajstić information content (AvgIpc) is 2.55. The van der Waals surface area contributed by atoms with Crippen LogP contribution in [0.3, 0.4) is 0 Å². The zero-order valence-corrected chi connectivity index (χ0v) is 13.4. The van der Waals surface area contributed by atoms with Gasteiger partial charge in [-0.05, 0) is 25.1 Å². The van der Waals surface area contributed by atoms with Crippen molar-refractivity contribution in [3.8, 4) is 5.75 Å². The minimum atomic E-state index is -0.762. The molecule has 9 heteroatoms. The number of halogens is 1. The minimum absolute atomic E-state index is 0.0268. The summed E-state index contributed by atoms with van der Waals surface area (Å²) in [6, 6.07) is 7.47. The first kappa shape index (κ1) is 17.5. The summed E-state index contributed by atoms with van der Waals surface area (Å²) >= 11 is 5.69. The summed E-state index contributed by atoms with van der Waals surface area (Å²) in [6.07, 6.45) is 0.787. The first-order chi connectivity index (χ1) is 11.5. The van der Waals surface area contributed by atoms with E-state index in [1.54, 1.807) is 25.3 Å². The zero-order valence-electron chi connectivity index (χ0n) is 12.7. The lowest BCUT2D eigenvalue weighted by atomic mass is 10.2. The van der Waals surface area contributed by atoms with Crippen molar-refractivity contribution >= 4 is 29.1 Å². The highest BCUT2D eigenvalue weighted by Gasteiger charge is 2.17. The smallest absolute Gasteiger partial charge is 0.411 e. The van der Waals surface area contributed by atoms with Crippen molar-refractivity contribution in [3.05, 3.63) is 57.4 Å². The van der Waals surface area contributed by atoms with E-state index in [1.165, 1.54) is 18.2 Å². The van der Waals surface area contributed by atoms with Crippen LogP contribution in [0.1, 0.15) is 12.5 Å². The van der Waals surface area contributed by atoms with Crippen LogP contribution in [0.15, 0.2) is 36.5 Å². The Balaban J connectivity index is 2.11. The van der Waals surface area contributed by atoms with Gasteiger partial charge in [0.15, 0.2) is 0 Å². The molecule has 0 atom stereocenters. The van der Waals surface area contributed by atoms with E-state index in [0.717, 1.165) is 5.56 Å². The summed E-state index contributed by atoms with van der Waals surface area (Å²) in [6.45, 7) is 1.97. The van der Waals surface area contributed by atoms with Gasteiger partial charge in [0.1, 0.15) is 23.2 Å². The third-order valence-corrected chi connectivity index (χ3v) is 3.10. The number of nitrogens with one attached hydrogen (secondary N) is 1. The van der Waals surface area contributed by atoms with E-state index < -0.39 is 11.0 Å². The number of nitrogens with zero attached hydrogens (tertiary/aromatic N) is 2. The number of carbonyl (C=O) groups excluding carboxylic acids is 1. The molecule has 0 aliphatic carbocycles. The van der Waals surface area contributed by atoms with Gasteiger partial charge in [-0.1, -0.05) is 17.7 Å². The van der Waals surface area contributed by atoms with Crippen molar-refractivity contribution in [1.29, 1.82) is 0 Å². The summed E-state index contributed by atoms with van der Waals surface area (Å²) in [7, 11) is 0. The number of nitro benzene ring substituents is 1. The Morgan fingerprint density at radius 3 is 2.79 bits per heavy atom. The van der Waals surface area contributed by atoms with Crippen LogP contribution in [-0.2, 0) is 11.3 Å². The van der Waals surface area contributed by atoms with E-state index in [4.69, 9.17) is 21.1 Å². The maximum absolute atomic E-state index is 11.4. The van der Waals surface area contributed by atoms with Crippen LogP contribution in [0.2, 0.25) is 5.15 Å². The maximum Gasteiger partial charge on any atom is 0.411 e. The topological polar surface area (TPSA) is 104 Å². The van der Waals surface area contributed by atoms with Gasteiger partial charge >= 0.3 is 6.09 Å². The maximum atomic E-state index is 11.4. The van der Waals surface area contributed by atoms with Gasteiger partial charge in [0.05, 0.1) is 17.6 Å². The highest BCUT2D eigenvalue weighted by atomic mass is 35.5. The summed E-state index contributed by atoms with van der Waals surface area (Å²) in [5.41, 5.74) is 0.490. The van der Waals surface area contributed by atoms with Gasteiger partial charge in [0.25, 0.3) is 5.69 Å². The first-order valence-corrected chi connectivity index (χ1v) is 7.33. The molecule has 0 spiro atoms. The number of ether oxygens (including phenoxy) is 2. The lowest BCUT2D eigenvalue weighted by Crippen LogP contribution is -2.14. The molecule has 0 aliphatic heterocycles. The molecule has 0 fully saturated rings. The summed E-state index contributed by atoms with van der Waals surface area (Å²) in [5, 5.41) is 13.8. The van der Waals surface area contributed by atoms with E-state index in [1.807, 2.05) is 0 Å². The molecule has 2 rings (SSSR count). The van der Waals surface area contributed by atoms with Crippen LogP contribution >= 0.6 is 11.6 Å². The third kappa shape index (κ3) is 4.82. The standard InChI is InChI=1S/C15H14ClN3O5/c1-2-23-15(20)18-12-5-4-11(7-13(12)19(21)22)24-9-10-3-6-14(16)17-8-10/h3-8H,2,9H2,1H3,(H,18,20). The van der Waals surface area contributed by atoms with E-state index in [0.29, 0.717) is 5.15 Å². The zero-order chi connectivity index (χ0) is 17.5. The Bertz CT molecular complexity index is 736. The number of nitro groups is 1. The monoisotopic (exact) mass is 351 g/mol. The number of hydrogen-bond acceptors (Lipinski definition) is 6. The van der Waals surface area contributed by atoms with Crippen LogP contribution in [0.4, 0.5) is 16.2 Å². The summed E-state index contributed by atoms with van der Waals surface area (Å²) in [4.78, 5) is 25.9. The Labute approximate surface area is 142 Å². The number of pyridine rings is 1. The number of benzene rings is 1. The second kappa shape index (κ2) is 8.11. The molecular weight excluding hydrogens is 338 g/mol. The molecule has 1 amide bonds. The molecule has 1 N–H and O–H groups in total. The predicted octanol–water partition coefficient (Wildman–Crippen LogP) is 3.79. The fourth-order valence-corrected chi connectivity index (χ4v) is 1.91. The molecule has 2 aromatic rings. The summed E-state index contributed by atoms with van der Waals surface area (Å²) in [5.74, 6) is 0.283. The lowest BCUT2D eigenvalue weighted by molar-refractivity contribution is -0.384. The Morgan fingerprint density at radius 2 is 2.17 bits per heavy atom. The van der Waals surface area contributed by atoms with Crippen LogP contribution < -0.4 is 10.1 Å². The van der Waals surface area contributed by atoms with E-state index in [9.17, 15) is 14.9 Å². The molecule has 24 heavy (non-hydrogen) atoms. The van der Waals surface area contributed by atoms with E-state index >= 15 is 0 Å². The van der Waals surface area contributed by atoms with Gasteiger partial charge in [-0.3, -0.25) is 15.4 Å². The third-order valence-electron chi connectivity index (χ3n) is 2.87. The van der Waals surface area contributed by atoms with Crippen molar-refractivity contribution in [2.24, 2.45) is 0 Å². The number of aromatic nitrogens is 1. The van der Waals surface area contributed by atoms with Crippen molar-refractivity contribution in [2.75, 3.05) is 11.9 Å². The molecule has 0 unspecified atom stereocenters. The molecule has 1 heterocycles. The van der Waals surface area contributed by atoms with E-state index in [-0.39, 0.29) is 30.3 Å². The lowest BCUT2D eigenvalue weighted by Gasteiger charge is -2.09. The fourth-order valence-electron chi connectivity index (χ4n) is 1.79. The SMILES string of the molecule is CCOC(=O)Nc1ccc(OCc2ccc(Cl)nc2)cc1[N+](=O)[O-]. The van der Waals surface area contributed by atoms with Crippen molar-refractivity contribution in [3.63, 3.8) is 0 Å². The molecule has 0 saturated heterocycles. The van der Waals surface area contributed by atoms with E-state index in [2.05, 4.69) is 10.3 Å². The predicted molar refractivity (Wildman–Crippen MR) is 87.3 cm³/mol. The van der Waals surface area contributed by atoms with Gasteiger partial charge in [0.2, 0.25) is 0 Å². The van der Waals surface area contributed by atoms with Gasteiger partial charge in [-0.25, -0.2) is 9.78 Å². The molecule has 126 valence electrons. The quantitative estimate of drug-likeness (QED) is 0.482. The first-order valence-electron chi connectivity index (χ1n) is 6.95. The molecule has 0 bridgehead atoms. The normalized spacial score (nSPS) is 10.1. The fraction of sp³-hybridized carbons (Fsp3) is 0.200. The molecular formula is C15H14ClN3O5. The second-order valence-corrected chi connectivity index (χ2v) is 4.95. The van der Waals surface area contributed by atoms with Crippen LogP contribution in [0.25, 0.3) is 0 Å². The summed E-state index contributed by atoms with van der Waals surface area (Å²) < 4.78 is 10.2. The van der Waals surface area contributed by atoms with Crippen LogP contribution in [0, 0.1) is 10.1 Å². The number of anilines is 1. The van der Waals surface area contributed by atoms with Crippen LogP contribution in [-0.4, -0.2) is 22.6 Å². The molecule has 1 aromatic carbocycles. The number of hydrogen-bond donors (Lipinski definition) is 1. The number of carbonyl (C=O) groups is 1. The van der Waals surface area contributed by atoms with Gasteiger partial charge < -0.3 is 9.47 Å². The molecule has 1 aromatic heterocycles. The Kier molecular flexibility index (Phi) is 5.91. The van der Waals surface area contributed by atoms with Crippen molar-refractivity contribution in [1.82, 2.24) is 4.98 Å². The van der Waals surface area contributed by atoms with Crippen molar-refractivity contribution < 1.29 is 19.2 Å². The highest BCUT2D eigenvalue weighted by molar-refractivity contribution is 6.29. The van der Waals surface area contributed by atoms with Crippen molar-refractivity contribution in [2.45, 2.75) is 13.5 Å². The largest absolute Gasteiger partial charge is 0.489 e. The Morgan fingerprint density at radius 1 is 1.38 bits per heavy atom. The van der Waals surface area contributed by atoms with Gasteiger partial charge in [-0.15, -0.1) is 0 Å². The molecule has 0 aliphatic rings. The van der Waals surface area contributed by atoms with Gasteiger partial charge in [-0.2, -0.15) is 0 Å².